The molecule has 3 aromatic rings. The zero-order chi connectivity index (χ0) is 15.8. The first-order chi connectivity index (χ1) is 11.2. The number of thiophene rings is 1. The van der Waals surface area contributed by atoms with Gasteiger partial charge in [0.1, 0.15) is 17.0 Å². The van der Waals surface area contributed by atoms with Gasteiger partial charge in [-0.2, -0.15) is 0 Å². The fourth-order valence-electron chi connectivity index (χ4n) is 3.08. The van der Waals surface area contributed by atoms with Crippen molar-refractivity contribution in [1.82, 2.24) is 9.97 Å². The number of fused-ring (bicyclic) bond motifs is 1. The lowest BCUT2D eigenvalue weighted by Crippen LogP contribution is -2.47. The standard InChI is InChI=1S/C17H17ClN4S/c1-12-10-13-16(19-11-20-17(13)23-12)22-8-6-21(7-9-22)15-5-3-2-4-14(15)18/h2-5,10-11H,6-9H2,1H3. The van der Waals surface area contributed by atoms with Gasteiger partial charge in [0.25, 0.3) is 0 Å². The molecule has 1 saturated heterocycles. The quantitative estimate of drug-likeness (QED) is 0.704. The Kier molecular flexibility index (Phi) is 3.83. The summed E-state index contributed by atoms with van der Waals surface area (Å²) in [5, 5.41) is 1.99. The maximum atomic E-state index is 6.32. The number of aryl methyl sites for hydroxylation is 1. The van der Waals surface area contributed by atoms with Crippen molar-refractivity contribution in [2.75, 3.05) is 36.0 Å². The van der Waals surface area contributed by atoms with E-state index in [-0.39, 0.29) is 0 Å². The van der Waals surface area contributed by atoms with Crippen LogP contribution in [-0.2, 0) is 0 Å². The fraction of sp³-hybridized carbons (Fsp3) is 0.294. The first-order valence-corrected chi connectivity index (χ1v) is 8.87. The van der Waals surface area contributed by atoms with Gasteiger partial charge in [0.05, 0.1) is 16.1 Å². The topological polar surface area (TPSA) is 32.3 Å². The Bertz CT molecular complexity index is 839. The predicted molar refractivity (Wildman–Crippen MR) is 98.0 cm³/mol. The lowest BCUT2D eigenvalue weighted by Gasteiger charge is -2.37. The third kappa shape index (κ3) is 2.75. The molecule has 4 nitrogen and oxygen atoms in total. The van der Waals surface area contributed by atoms with E-state index in [2.05, 4.69) is 38.8 Å². The number of hydrogen-bond donors (Lipinski definition) is 0. The summed E-state index contributed by atoms with van der Waals surface area (Å²) in [7, 11) is 0. The van der Waals surface area contributed by atoms with Crippen molar-refractivity contribution in [2.45, 2.75) is 6.92 Å². The molecule has 2 aromatic heterocycles. The van der Waals surface area contributed by atoms with E-state index in [4.69, 9.17) is 11.6 Å². The maximum absolute atomic E-state index is 6.32. The lowest BCUT2D eigenvalue weighted by atomic mass is 10.2. The van der Waals surface area contributed by atoms with Gasteiger partial charge in [-0.15, -0.1) is 11.3 Å². The van der Waals surface area contributed by atoms with Crippen molar-refractivity contribution >= 4 is 44.7 Å². The summed E-state index contributed by atoms with van der Waals surface area (Å²) in [4.78, 5) is 16.0. The molecule has 23 heavy (non-hydrogen) atoms. The van der Waals surface area contributed by atoms with Gasteiger partial charge in [-0.05, 0) is 25.1 Å². The molecular formula is C17H17ClN4S. The molecule has 0 unspecified atom stereocenters. The highest BCUT2D eigenvalue weighted by molar-refractivity contribution is 7.18. The zero-order valence-electron chi connectivity index (χ0n) is 12.9. The third-order valence-electron chi connectivity index (χ3n) is 4.20. The molecule has 118 valence electrons. The van der Waals surface area contributed by atoms with E-state index < -0.39 is 0 Å². The number of nitrogens with zero attached hydrogens (tertiary/aromatic N) is 4. The van der Waals surface area contributed by atoms with E-state index >= 15 is 0 Å². The zero-order valence-corrected chi connectivity index (χ0v) is 14.4. The van der Waals surface area contributed by atoms with Gasteiger partial charge >= 0.3 is 0 Å². The smallest absolute Gasteiger partial charge is 0.140 e. The predicted octanol–water partition coefficient (Wildman–Crippen LogP) is 3.98. The molecule has 3 heterocycles. The summed E-state index contributed by atoms with van der Waals surface area (Å²) in [6.45, 7) is 5.88. The van der Waals surface area contributed by atoms with Gasteiger partial charge in [0.2, 0.25) is 0 Å². The molecule has 0 radical (unpaired) electrons. The minimum atomic E-state index is 0.818. The monoisotopic (exact) mass is 344 g/mol. The van der Waals surface area contributed by atoms with Crippen LogP contribution < -0.4 is 9.80 Å². The van der Waals surface area contributed by atoms with Crippen LogP contribution in [0.5, 0.6) is 0 Å². The summed E-state index contributed by atoms with van der Waals surface area (Å²) in [6.07, 6.45) is 1.67. The molecule has 0 N–H and O–H groups in total. The highest BCUT2D eigenvalue weighted by atomic mass is 35.5. The van der Waals surface area contributed by atoms with Crippen LogP contribution in [0.25, 0.3) is 10.2 Å². The Morgan fingerprint density at radius 2 is 1.78 bits per heavy atom. The fourth-order valence-corrected chi connectivity index (χ4v) is 4.18. The van der Waals surface area contributed by atoms with Gasteiger partial charge < -0.3 is 9.80 Å². The maximum Gasteiger partial charge on any atom is 0.140 e. The van der Waals surface area contributed by atoms with Crippen molar-refractivity contribution in [3.63, 3.8) is 0 Å². The number of para-hydroxylation sites is 1. The molecule has 1 aliphatic heterocycles. The minimum Gasteiger partial charge on any atom is -0.367 e. The molecule has 0 atom stereocenters. The van der Waals surface area contributed by atoms with E-state index in [1.807, 2.05) is 18.2 Å². The molecule has 0 amide bonds. The van der Waals surface area contributed by atoms with Crippen molar-refractivity contribution < 1.29 is 0 Å². The molecule has 6 heteroatoms. The van der Waals surface area contributed by atoms with Gasteiger partial charge in [-0.1, -0.05) is 23.7 Å². The van der Waals surface area contributed by atoms with Crippen LogP contribution in [0.4, 0.5) is 11.5 Å². The molecule has 0 saturated carbocycles. The molecule has 0 spiro atoms. The molecule has 0 bridgehead atoms. The number of aromatic nitrogens is 2. The van der Waals surface area contributed by atoms with Gasteiger partial charge in [-0.3, -0.25) is 0 Å². The van der Waals surface area contributed by atoms with Gasteiger partial charge in [0, 0.05) is 31.1 Å². The molecule has 1 aliphatic rings. The number of halogens is 1. The number of hydrogen-bond acceptors (Lipinski definition) is 5. The number of rotatable bonds is 2. The van der Waals surface area contributed by atoms with Crippen LogP contribution in [0.1, 0.15) is 4.88 Å². The summed E-state index contributed by atoms with van der Waals surface area (Å²) in [6, 6.07) is 10.2. The minimum absolute atomic E-state index is 0.818. The van der Waals surface area contributed by atoms with E-state index in [0.29, 0.717) is 0 Å². The van der Waals surface area contributed by atoms with Gasteiger partial charge in [0.15, 0.2) is 0 Å². The Morgan fingerprint density at radius 1 is 1.04 bits per heavy atom. The number of benzene rings is 1. The third-order valence-corrected chi connectivity index (χ3v) is 5.48. The van der Waals surface area contributed by atoms with Crippen LogP contribution in [0.15, 0.2) is 36.7 Å². The average molecular weight is 345 g/mol. The number of anilines is 2. The summed E-state index contributed by atoms with van der Waals surface area (Å²) in [5.74, 6) is 1.05. The second-order valence-corrected chi connectivity index (χ2v) is 7.34. The van der Waals surface area contributed by atoms with E-state index in [1.165, 1.54) is 10.3 Å². The molecule has 1 aromatic carbocycles. The van der Waals surface area contributed by atoms with Crippen molar-refractivity contribution in [1.29, 1.82) is 0 Å². The van der Waals surface area contributed by atoms with Crippen molar-refractivity contribution in [2.24, 2.45) is 0 Å². The van der Waals surface area contributed by atoms with Crippen LogP contribution >= 0.6 is 22.9 Å². The second kappa shape index (κ2) is 5.98. The Hall–Kier alpha value is -1.85. The highest BCUT2D eigenvalue weighted by Gasteiger charge is 2.21. The van der Waals surface area contributed by atoms with Crippen LogP contribution in [-0.4, -0.2) is 36.1 Å². The van der Waals surface area contributed by atoms with Crippen molar-refractivity contribution in [3.05, 3.63) is 46.6 Å². The van der Waals surface area contributed by atoms with Crippen LogP contribution in [0.2, 0.25) is 5.02 Å². The van der Waals surface area contributed by atoms with Crippen LogP contribution in [0, 0.1) is 6.92 Å². The number of piperazine rings is 1. The summed E-state index contributed by atoms with van der Waals surface area (Å²) >= 11 is 8.04. The van der Waals surface area contributed by atoms with E-state index in [0.717, 1.165) is 47.5 Å². The average Bonchev–Trinajstić information content (AvgIpc) is 2.96. The SMILES string of the molecule is Cc1cc2c(N3CCN(c4ccccc4Cl)CC3)ncnc2s1. The Labute approximate surface area is 144 Å². The summed E-state index contributed by atoms with van der Waals surface area (Å²) < 4.78 is 0. The second-order valence-electron chi connectivity index (χ2n) is 5.70. The first-order valence-electron chi connectivity index (χ1n) is 7.68. The molecule has 4 rings (SSSR count). The molecular weight excluding hydrogens is 328 g/mol. The first kappa shape index (κ1) is 14.7. The largest absolute Gasteiger partial charge is 0.367 e. The normalized spacial score (nSPS) is 15.4. The van der Waals surface area contributed by atoms with Crippen molar-refractivity contribution in [3.8, 4) is 0 Å². The molecule has 1 fully saturated rings. The Morgan fingerprint density at radius 3 is 2.57 bits per heavy atom. The van der Waals surface area contributed by atoms with E-state index in [1.54, 1.807) is 17.7 Å². The van der Waals surface area contributed by atoms with Gasteiger partial charge in [-0.25, -0.2) is 9.97 Å². The summed E-state index contributed by atoms with van der Waals surface area (Å²) in [5.41, 5.74) is 1.12. The van der Waals surface area contributed by atoms with Crippen LogP contribution in [0.3, 0.4) is 0 Å². The van der Waals surface area contributed by atoms with E-state index in [9.17, 15) is 0 Å². The molecule has 0 aliphatic carbocycles. The highest BCUT2D eigenvalue weighted by Crippen LogP contribution is 2.31. The lowest BCUT2D eigenvalue weighted by molar-refractivity contribution is 0.649. The Balaban J connectivity index is 1.56.